The van der Waals surface area contributed by atoms with Gasteiger partial charge in [-0.2, -0.15) is 0 Å². The fraction of sp³-hybridized carbons (Fsp3) is 0.678. The summed E-state index contributed by atoms with van der Waals surface area (Å²) in [7, 11) is -10.00. The van der Waals surface area contributed by atoms with E-state index in [-0.39, 0.29) is 25.7 Å². The average Bonchev–Trinajstić information content (AvgIpc) is 0.899. The first-order valence-electron chi connectivity index (χ1n) is 41.1. The SMILES string of the molecule is CC/C=C\C/C=C\C/C=C\C/C=C\C/C=C\CC(=O)OCC(COP(=O)(O)OCC(O)COP(=O)(O)OCC(COC(=O)CCCCCCCC/C=C\C/C=C\C/C=C\C/C=C\CC)OC(=O)CCCCCCCCC/C=C\C/C=C\C/C=C\CC)OC(=O)CCCCCCCCCCCCCCCCC. The molecule has 0 aliphatic carbocycles. The van der Waals surface area contributed by atoms with E-state index >= 15 is 0 Å². The second-order valence-electron chi connectivity index (χ2n) is 26.9. The summed E-state index contributed by atoms with van der Waals surface area (Å²) < 4.78 is 68.6. The Bertz CT molecular complexity index is 2580. The van der Waals surface area contributed by atoms with Crippen molar-refractivity contribution < 1.29 is 80.2 Å². The number of hydrogen-bond acceptors (Lipinski definition) is 15. The van der Waals surface area contributed by atoms with Crippen molar-refractivity contribution in [2.24, 2.45) is 0 Å². The van der Waals surface area contributed by atoms with E-state index in [4.69, 9.17) is 37.0 Å². The van der Waals surface area contributed by atoms with Gasteiger partial charge < -0.3 is 33.8 Å². The van der Waals surface area contributed by atoms with Crippen molar-refractivity contribution in [1.29, 1.82) is 0 Å². The van der Waals surface area contributed by atoms with E-state index in [0.717, 1.165) is 180 Å². The first-order chi connectivity index (χ1) is 51.7. The zero-order valence-electron chi connectivity index (χ0n) is 66.3. The predicted molar refractivity (Wildman–Crippen MR) is 436 cm³/mol. The third-order valence-corrected chi connectivity index (χ3v) is 18.7. The predicted octanol–water partition coefficient (Wildman–Crippen LogP) is 24.2. The maximum atomic E-state index is 13.1. The van der Waals surface area contributed by atoms with Crippen molar-refractivity contribution in [3.63, 3.8) is 0 Å². The molecule has 0 saturated heterocycles. The quantitative estimate of drug-likeness (QED) is 0.0169. The molecule has 3 N–H and O–H groups in total. The van der Waals surface area contributed by atoms with Crippen LogP contribution in [0.5, 0.6) is 0 Å². The number of aliphatic hydroxyl groups excluding tert-OH is 1. The summed E-state index contributed by atoms with van der Waals surface area (Å²) in [6.07, 6.45) is 89.9. The number of rotatable bonds is 76. The standard InChI is InChI=1S/C87H146O17P2/c1-5-9-13-17-21-25-29-33-37-39-40-42-45-48-52-56-60-64-68-72-85(90)98-78-83(104-87(92)74-70-66-62-58-54-50-46-41-38-34-30-26-22-18-14-10-6-2)80-102-106(95,96)100-76-81(88)75-99-105(93,94)101-79-82(103-86(91)73-69-65-61-57-53-49-44-36-32-28-24-20-16-12-8-4)77-97-84(89)71-67-63-59-55-51-47-43-35-31-27-23-19-15-11-7-3/h9-11,13-15,21-23,25-27,33-35,37-38,40,42-43,51,55,63,67,81-83,88H,5-8,12,16-20,24,28-32,36,39,41,44-50,52-54,56-62,64-66,68-80H2,1-4H3,(H,93,94)(H,95,96)/b13-9-,14-10-,15-11-,25-21-,26-22-,27-23-,37-33-,38-34-,42-40-,43-35-,55-51-,67-63-. The molecule has 606 valence electrons. The van der Waals surface area contributed by atoms with Crippen molar-refractivity contribution in [3.05, 3.63) is 146 Å². The second kappa shape index (κ2) is 78.1. The number of aliphatic hydroxyl groups is 1. The molecule has 106 heavy (non-hydrogen) atoms. The van der Waals surface area contributed by atoms with E-state index in [9.17, 15) is 43.2 Å². The summed E-state index contributed by atoms with van der Waals surface area (Å²) in [5, 5.41) is 10.7. The Balaban J connectivity index is 5.44. The van der Waals surface area contributed by atoms with Crippen LogP contribution in [0.4, 0.5) is 0 Å². The van der Waals surface area contributed by atoms with Crippen molar-refractivity contribution in [2.75, 3.05) is 39.6 Å². The Morgan fingerprint density at radius 2 is 0.528 bits per heavy atom. The van der Waals surface area contributed by atoms with Crippen LogP contribution in [-0.4, -0.2) is 96.7 Å². The molecule has 19 heteroatoms. The van der Waals surface area contributed by atoms with Gasteiger partial charge in [-0.15, -0.1) is 0 Å². The number of allylic oxidation sites excluding steroid dienone is 23. The summed E-state index contributed by atoms with van der Waals surface area (Å²) in [5.74, 6) is -2.34. The number of hydrogen-bond donors (Lipinski definition) is 3. The fourth-order valence-corrected chi connectivity index (χ4v) is 12.3. The van der Waals surface area contributed by atoms with Gasteiger partial charge in [-0.3, -0.25) is 37.3 Å². The van der Waals surface area contributed by atoms with Gasteiger partial charge in [0.25, 0.3) is 0 Å². The number of phosphoric ester groups is 2. The maximum absolute atomic E-state index is 13.1. The Kier molecular flexibility index (Phi) is 74.3. The molecular weight excluding hydrogens is 1380 g/mol. The maximum Gasteiger partial charge on any atom is 0.472 e. The second-order valence-corrected chi connectivity index (χ2v) is 29.9. The molecule has 0 aliphatic rings. The third kappa shape index (κ3) is 77.1. The van der Waals surface area contributed by atoms with Gasteiger partial charge in [0.15, 0.2) is 12.2 Å². The van der Waals surface area contributed by atoms with Gasteiger partial charge in [0.2, 0.25) is 0 Å². The number of phosphoric acid groups is 2. The van der Waals surface area contributed by atoms with E-state index in [1.807, 2.05) is 18.2 Å². The fourth-order valence-electron chi connectivity index (χ4n) is 10.7. The molecule has 0 fully saturated rings. The first-order valence-corrected chi connectivity index (χ1v) is 44.1. The van der Waals surface area contributed by atoms with Gasteiger partial charge in [-0.1, -0.05) is 321 Å². The Hall–Kier alpha value is -5.06. The third-order valence-electron chi connectivity index (χ3n) is 16.8. The van der Waals surface area contributed by atoms with Crippen molar-refractivity contribution >= 4 is 39.5 Å². The Morgan fingerprint density at radius 1 is 0.283 bits per heavy atom. The van der Waals surface area contributed by atoms with Crippen LogP contribution in [0.3, 0.4) is 0 Å². The molecule has 17 nitrogen and oxygen atoms in total. The van der Waals surface area contributed by atoms with Crippen LogP contribution in [0, 0.1) is 0 Å². The summed E-state index contributed by atoms with van der Waals surface area (Å²) >= 11 is 0. The van der Waals surface area contributed by atoms with Crippen LogP contribution in [-0.2, 0) is 65.4 Å². The van der Waals surface area contributed by atoms with E-state index in [1.165, 1.54) is 64.2 Å². The van der Waals surface area contributed by atoms with E-state index in [2.05, 4.69) is 149 Å². The highest BCUT2D eigenvalue weighted by Crippen LogP contribution is 2.45. The van der Waals surface area contributed by atoms with Gasteiger partial charge in [0.1, 0.15) is 19.3 Å². The molecule has 5 atom stereocenters. The number of esters is 4. The van der Waals surface area contributed by atoms with Crippen LogP contribution in [0.2, 0.25) is 0 Å². The van der Waals surface area contributed by atoms with Crippen LogP contribution in [0.25, 0.3) is 0 Å². The van der Waals surface area contributed by atoms with Crippen LogP contribution in [0.15, 0.2) is 146 Å². The van der Waals surface area contributed by atoms with Gasteiger partial charge in [0.05, 0.1) is 32.8 Å². The minimum absolute atomic E-state index is 0.0716. The summed E-state index contributed by atoms with van der Waals surface area (Å²) in [4.78, 5) is 73.1. The van der Waals surface area contributed by atoms with E-state index in [1.54, 1.807) is 6.08 Å². The van der Waals surface area contributed by atoms with Gasteiger partial charge in [-0.25, -0.2) is 9.13 Å². The Labute approximate surface area is 643 Å². The van der Waals surface area contributed by atoms with Crippen molar-refractivity contribution in [3.8, 4) is 0 Å². The van der Waals surface area contributed by atoms with Crippen LogP contribution >= 0.6 is 15.6 Å². The first kappa shape index (κ1) is 101. The normalized spacial score (nSPS) is 14.6. The number of carbonyl (C=O) groups is 4. The topological polar surface area (TPSA) is 237 Å². The molecule has 0 spiro atoms. The minimum atomic E-state index is -5.00. The zero-order chi connectivity index (χ0) is 77.4. The summed E-state index contributed by atoms with van der Waals surface area (Å²) in [5.41, 5.74) is 0. The lowest BCUT2D eigenvalue weighted by Gasteiger charge is -2.21. The highest BCUT2D eigenvalue weighted by Gasteiger charge is 2.30. The van der Waals surface area contributed by atoms with Crippen LogP contribution < -0.4 is 0 Å². The lowest BCUT2D eigenvalue weighted by Crippen LogP contribution is -2.30. The number of carbonyl (C=O) groups excluding carboxylic acids is 4. The molecular formula is C87H146O17P2. The van der Waals surface area contributed by atoms with Gasteiger partial charge >= 0.3 is 39.5 Å². The summed E-state index contributed by atoms with van der Waals surface area (Å²) in [6.45, 7) is 4.43. The highest BCUT2D eigenvalue weighted by atomic mass is 31.2. The lowest BCUT2D eigenvalue weighted by molar-refractivity contribution is -0.161. The molecule has 0 amide bonds. The smallest absolute Gasteiger partial charge is 0.462 e. The molecule has 0 aromatic rings. The monoisotopic (exact) mass is 1530 g/mol. The molecule has 0 saturated carbocycles. The van der Waals surface area contributed by atoms with Gasteiger partial charge in [0, 0.05) is 19.3 Å². The molecule has 0 aromatic carbocycles. The number of ether oxygens (including phenoxy) is 4. The van der Waals surface area contributed by atoms with Crippen molar-refractivity contribution in [2.45, 2.75) is 341 Å². The Morgan fingerprint density at radius 3 is 0.840 bits per heavy atom. The largest absolute Gasteiger partial charge is 0.472 e. The average molecular weight is 1530 g/mol. The molecule has 0 aromatic heterocycles. The number of unbranched alkanes of at least 4 members (excludes halogenated alkanes) is 27. The van der Waals surface area contributed by atoms with Crippen LogP contribution in [0.1, 0.15) is 323 Å². The van der Waals surface area contributed by atoms with E-state index in [0.29, 0.717) is 25.7 Å². The molecule has 0 bridgehead atoms. The lowest BCUT2D eigenvalue weighted by atomic mass is 10.0. The molecule has 0 radical (unpaired) electrons. The van der Waals surface area contributed by atoms with E-state index < -0.39 is 97.5 Å². The van der Waals surface area contributed by atoms with Crippen molar-refractivity contribution in [1.82, 2.24) is 0 Å². The summed E-state index contributed by atoms with van der Waals surface area (Å²) in [6, 6.07) is 0. The zero-order valence-corrected chi connectivity index (χ0v) is 68.1. The van der Waals surface area contributed by atoms with Gasteiger partial charge in [-0.05, 0) is 122 Å². The molecule has 5 unspecified atom stereocenters. The highest BCUT2D eigenvalue weighted by molar-refractivity contribution is 7.47. The minimum Gasteiger partial charge on any atom is -0.462 e. The molecule has 0 aliphatic heterocycles. The molecule has 0 rings (SSSR count). The molecule has 0 heterocycles.